The fraction of sp³-hybridized carbons (Fsp3) is 0.571. The van der Waals surface area contributed by atoms with Gasteiger partial charge in [-0.05, 0) is 25.0 Å². The molecule has 0 saturated carbocycles. The van der Waals surface area contributed by atoms with Crippen molar-refractivity contribution in [3.63, 3.8) is 0 Å². The molecule has 2 fully saturated rings. The molecule has 1 aromatic carbocycles. The summed E-state index contributed by atoms with van der Waals surface area (Å²) in [4.78, 5) is 40.8. The topological polar surface area (TPSA) is 107 Å². The number of hydrogen-bond acceptors (Lipinski definition) is 5. The number of para-hydroxylation sites is 2. The van der Waals surface area contributed by atoms with Crippen molar-refractivity contribution in [3.8, 4) is 0 Å². The number of anilines is 2. The first-order valence-corrected chi connectivity index (χ1v) is 9.87. The third-order valence-corrected chi connectivity index (χ3v) is 5.73. The van der Waals surface area contributed by atoms with Gasteiger partial charge in [-0.3, -0.25) is 9.59 Å². The summed E-state index contributed by atoms with van der Waals surface area (Å²) in [6.07, 6.45) is 0.617. The van der Waals surface area contributed by atoms with E-state index in [0.717, 1.165) is 12.8 Å². The Bertz CT molecular complexity index is 818. The van der Waals surface area contributed by atoms with Gasteiger partial charge < -0.3 is 24.7 Å². The van der Waals surface area contributed by atoms with Gasteiger partial charge in [0.05, 0.1) is 18.0 Å². The number of ether oxygens (including phenoxy) is 1. The van der Waals surface area contributed by atoms with E-state index >= 15 is 0 Å². The van der Waals surface area contributed by atoms with Crippen molar-refractivity contribution in [2.75, 3.05) is 29.5 Å². The molecule has 2 saturated heterocycles. The normalized spacial score (nSPS) is 23.1. The number of aliphatic hydroxyl groups is 1. The average molecular weight is 404 g/mol. The maximum absolute atomic E-state index is 13.3. The lowest BCUT2D eigenvalue weighted by molar-refractivity contribution is -0.203. The van der Waals surface area contributed by atoms with Gasteiger partial charge in [0.15, 0.2) is 6.10 Å². The Hall–Kier alpha value is -2.45. The van der Waals surface area contributed by atoms with E-state index < -0.39 is 29.0 Å². The highest BCUT2D eigenvalue weighted by Crippen LogP contribution is 2.39. The molecule has 0 unspecified atom stereocenters. The van der Waals surface area contributed by atoms with Crippen molar-refractivity contribution in [2.24, 2.45) is 5.41 Å². The average Bonchev–Trinajstić information content (AvgIpc) is 2.67. The number of carbonyl (C=O) groups is 3. The minimum atomic E-state index is -2.40. The largest absolute Gasteiger partial charge is 0.479 e. The van der Waals surface area contributed by atoms with E-state index in [2.05, 4.69) is 0 Å². The van der Waals surface area contributed by atoms with Crippen LogP contribution in [-0.4, -0.2) is 59.4 Å². The van der Waals surface area contributed by atoms with Gasteiger partial charge >= 0.3 is 5.97 Å². The van der Waals surface area contributed by atoms with Crippen LogP contribution in [0.4, 0.5) is 11.4 Å². The fourth-order valence-electron chi connectivity index (χ4n) is 3.93. The van der Waals surface area contributed by atoms with Crippen LogP contribution in [0.25, 0.3) is 0 Å². The molecule has 8 nitrogen and oxygen atoms in total. The molecule has 2 amide bonds. The highest BCUT2D eigenvalue weighted by Gasteiger charge is 2.59. The van der Waals surface area contributed by atoms with Gasteiger partial charge in [-0.1, -0.05) is 32.9 Å². The highest BCUT2D eigenvalue weighted by atomic mass is 16.5. The van der Waals surface area contributed by atoms with E-state index in [-0.39, 0.29) is 19.1 Å². The number of hydrogen-bond donors (Lipinski definition) is 2. The molecule has 0 spiro atoms. The second-order valence-electron chi connectivity index (χ2n) is 8.55. The predicted octanol–water partition coefficient (Wildman–Crippen LogP) is 1.80. The smallest absolute Gasteiger partial charge is 0.339 e. The van der Waals surface area contributed by atoms with Crippen LogP contribution in [0.1, 0.15) is 40.0 Å². The first kappa shape index (κ1) is 21.3. The second-order valence-corrected chi connectivity index (χ2v) is 8.55. The monoisotopic (exact) mass is 404 g/mol. The van der Waals surface area contributed by atoms with Crippen LogP contribution in [0.3, 0.4) is 0 Å². The third-order valence-electron chi connectivity index (χ3n) is 5.73. The molecule has 0 aromatic heterocycles. The summed E-state index contributed by atoms with van der Waals surface area (Å²) in [5.74, 6) is -2.14. The number of carboxylic acids is 1. The molecule has 0 bridgehead atoms. The number of benzene rings is 1. The molecule has 2 heterocycles. The number of amides is 2. The lowest BCUT2D eigenvalue weighted by atomic mass is 9.72. The summed E-state index contributed by atoms with van der Waals surface area (Å²) >= 11 is 0. The molecule has 158 valence electrons. The van der Waals surface area contributed by atoms with E-state index in [1.165, 1.54) is 4.90 Å². The molecular formula is C21H28N2O6. The predicted molar refractivity (Wildman–Crippen MR) is 107 cm³/mol. The molecule has 0 aliphatic carbocycles. The molecule has 2 aliphatic heterocycles. The number of nitrogens with zero attached hydrogens (tertiary/aromatic N) is 2. The van der Waals surface area contributed by atoms with Gasteiger partial charge in [0, 0.05) is 24.9 Å². The van der Waals surface area contributed by atoms with Crippen LogP contribution < -0.4 is 9.80 Å². The Kier molecular flexibility index (Phi) is 5.69. The number of carboxylic acid groups (broad SMARTS) is 1. The SMILES string of the molecule is CC(C)(C)[C@](O)(C(=O)O)[C@H]1OCCN(c2ccccc2N2CCCCC2=O)C1=O. The number of piperidine rings is 1. The van der Waals surface area contributed by atoms with Crippen molar-refractivity contribution in [1.82, 2.24) is 0 Å². The van der Waals surface area contributed by atoms with Crippen LogP contribution in [0.2, 0.25) is 0 Å². The van der Waals surface area contributed by atoms with Crippen molar-refractivity contribution < 1.29 is 29.3 Å². The number of carbonyl (C=O) groups excluding carboxylic acids is 2. The van der Waals surface area contributed by atoms with E-state index in [4.69, 9.17) is 4.74 Å². The lowest BCUT2D eigenvalue weighted by Crippen LogP contribution is -2.66. The minimum Gasteiger partial charge on any atom is -0.479 e. The van der Waals surface area contributed by atoms with Crippen molar-refractivity contribution in [2.45, 2.75) is 51.7 Å². The molecule has 2 N–H and O–H groups in total. The summed E-state index contributed by atoms with van der Waals surface area (Å²) in [5.41, 5.74) is -2.42. The zero-order valence-electron chi connectivity index (χ0n) is 17.1. The molecule has 29 heavy (non-hydrogen) atoms. The minimum absolute atomic E-state index is 0.00214. The summed E-state index contributed by atoms with van der Waals surface area (Å²) < 4.78 is 5.50. The Morgan fingerprint density at radius 1 is 1.07 bits per heavy atom. The fourth-order valence-corrected chi connectivity index (χ4v) is 3.93. The Morgan fingerprint density at radius 2 is 1.69 bits per heavy atom. The van der Waals surface area contributed by atoms with Crippen LogP contribution in [0.15, 0.2) is 24.3 Å². The lowest BCUT2D eigenvalue weighted by Gasteiger charge is -2.45. The van der Waals surface area contributed by atoms with Crippen molar-refractivity contribution >= 4 is 29.2 Å². The first-order chi connectivity index (χ1) is 13.6. The van der Waals surface area contributed by atoms with E-state index in [0.29, 0.717) is 24.3 Å². The Balaban J connectivity index is 2.00. The number of morpholine rings is 1. The van der Waals surface area contributed by atoms with Gasteiger partial charge in [-0.15, -0.1) is 0 Å². The summed E-state index contributed by atoms with van der Waals surface area (Å²) in [6.45, 7) is 5.50. The standard InChI is InChI=1S/C21H28N2O6/c1-20(2,3)21(28,19(26)27)17-18(25)23(12-13-29-17)15-9-5-4-8-14(15)22-11-7-6-10-16(22)24/h4-5,8-9,17,28H,6-7,10-13H2,1-3H3,(H,26,27)/t17-,21+/m0/s1. The van der Waals surface area contributed by atoms with Crippen LogP contribution in [-0.2, 0) is 19.1 Å². The molecular weight excluding hydrogens is 376 g/mol. The van der Waals surface area contributed by atoms with Crippen molar-refractivity contribution in [1.29, 1.82) is 0 Å². The molecule has 2 atom stereocenters. The molecule has 3 rings (SSSR count). The van der Waals surface area contributed by atoms with Crippen LogP contribution >= 0.6 is 0 Å². The van der Waals surface area contributed by atoms with Crippen LogP contribution in [0.5, 0.6) is 0 Å². The van der Waals surface area contributed by atoms with Gasteiger partial charge in [-0.2, -0.15) is 0 Å². The zero-order chi connectivity index (χ0) is 21.4. The zero-order valence-corrected chi connectivity index (χ0v) is 17.1. The van der Waals surface area contributed by atoms with Gasteiger partial charge in [0.2, 0.25) is 11.5 Å². The number of aliphatic carboxylic acids is 1. The summed E-state index contributed by atoms with van der Waals surface area (Å²) in [7, 11) is 0. The van der Waals surface area contributed by atoms with Crippen LogP contribution in [0, 0.1) is 5.41 Å². The van der Waals surface area contributed by atoms with E-state index in [9.17, 15) is 24.6 Å². The maximum atomic E-state index is 13.3. The molecule has 0 radical (unpaired) electrons. The number of rotatable bonds is 4. The second kappa shape index (κ2) is 7.76. The van der Waals surface area contributed by atoms with Gasteiger partial charge in [0.1, 0.15) is 0 Å². The quantitative estimate of drug-likeness (QED) is 0.792. The van der Waals surface area contributed by atoms with E-state index in [1.54, 1.807) is 49.9 Å². The first-order valence-electron chi connectivity index (χ1n) is 9.87. The third kappa shape index (κ3) is 3.62. The van der Waals surface area contributed by atoms with Gasteiger partial charge in [0.25, 0.3) is 5.91 Å². The molecule has 8 heteroatoms. The van der Waals surface area contributed by atoms with E-state index in [1.807, 2.05) is 0 Å². The maximum Gasteiger partial charge on any atom is 0.339 e. The Labute approximate surface area is 170 Å². The highest BCUT2D eigenvalue weighted by molar-refractivity contribution is 6.06. The van der Waals surface area contributed by atoms with Crippen molar-refractivity contribution in [3.05, 3.63) is 24.3 Å². The Morgan fingerprint density at radius 3 is 2.24 bits per heavy atom. The van der Waals surface area contributed by atoms with Gasteiger partial charge in [-0.25, -0.2) is 4.79 Å². The summed E-state index contributed by atoms with van der Waals surface area (Å²) in [5, 5.41) is 20.7. The molecule has 1 aromatic rings. The molecule has 2 aliphatic rings. The summed E-state index contributed by atoms with van der Waals surface area (Å²) in [6, 6.07) is 7.07.